The monoisotopic (exact) mass is 217 g/mol. The summed E-state index contributed by atoms with van der Waals surface area (Å²) < 4.78 is 4.53. The second-order valence-electron chi connectivity index (χ2n) is 3.68. The fraction of sp³-hybridized carbons (Fsp3) is 0.250. The third-order valence-electron chi connectivity index (χ3n) is 2.49. The van der Waals surface area contributed by atoms with Crippen molar-refractivity contribution in [1.29, 1.82) is 0 Å². The normalized spacial score (nSPS) is 23.0. The predicted octanol–water partition coefficient (Wildman–Crippen LogP) is 1.20. The first-order valence-electron chi connectivity index (χ1n) is 4.91. The fourth-order valence-electron chi connectivity index (χ4n) is 1.66. The summed E-state index contributed by atoms with van der Waals surface area (Å²) >= 11 is 0. The molecule has 0 saturated heterocycles. The van der Waals surface area contributed by atoms with E-state index in [0.29, 0.717) is 5.71 Å². The number of hydrogen-bond donors (Lipinski definition) is 0. The van der Waals surface area contributed by atoms with Crippen LogP contribution in [0.2, 0.25) is 0 Å². The number of hydrogen-bond acceptors (Lipinski definition) is 4. The second kappa shape index (κ2) is 3.89. The average molecular weight is 217 g/mol. The zero-order chi connectivity index (χ0) is 11.7. The Balaban J connectivity index is 2.37. The maximum atomic E-state index is 11.8. The maximum absolute atomic E-state index is 11.8. The Bertz CT molecular complexity index is 480. The highest BCUT2D eigenvalue weighted by Crippen LogP contribution is 2.22. The van der Waals surface area contributed by atoms with Gasteiger partial charge in [-0.2, -0.15) is 0 Å². The van der Waals surface area contributed by atoms with E-state index in [1.807, 2.05) is 19.1 Å². The molecule has 0 saturated carbocycles. The standard InChI is InChI=1S/C12H11NO3/c1-7-3-4-9-8(5-7)11(14)6-10(13-9)12(15)16-2/h3-6,8H,1-2H3. The number of allylic oxidation sites excluding steroid dienone is 5. The molecule has 4 heteroatoms. The minimum absolute atomic E-state index is 0.0661. The molecule has 1 heterocycles. The molecular weight excluding hydrogens is 206 g/mol. The molecule has 0 aromatic heterocycles. The molecule has 4 nitrogen and oxygen atoms in total. The van der Waals surface area contributed by atoms with E-state index < -0.39 is 5.97 Å². The second-order valence-corrected chi connectivity index (χ2v) is 3.68. The fourth-order valence-corrected chi connectivity index (χ4v) is 1.66. The lowest BCUT2D eigenvalue weighted by Crippen LogP contribution is -2.26. The number of aliphatic imine (C=N–C) groups is 1. The average Bonchev–Trinajstić information content (AvgIpc) is 2.28. The van der Waals surface area contributed by atoms with Gasteiger partial charge in [0.05, 0.1) is 18.7 Å². The largest absolute Gasteiger partial charge is 0.464 e. The van der Waals surface area contributed by atoms with E-state index in [2.05, 4.69) is 9.73 Å². The van der Waals surface area contributed by atoms with Crippen molar-refractivity contribution in [3.63, 3.8) is 0 Å². The molecule has 16 heavy (non-hydrogen) atoms. The number of esters is 1. The molecule has 2 aliphatic rings. The highest BCUT2D eigenvalue weighted by molar-refractivity contribution is 6.21. The van der Waals surface area contributed by atoms with E-state index in [4.69, 9.17) is 0 Å². The topological polar surface area (TPSA) is 55.7 Å². The number of ketones is 1. The molecule has 1 unspecified atom stereocenters. The van der Waals surface area contributed by atoms with E-state index in [1.54, 1.807) is 6.08 Å². The van der Waals surface area contributed by atoms with Gasteiger partial charge in [-0.3, -0.25) is 4.79 Å². The van der Waals surface area contributed by atoms with Gasteiger partial charge in [0.1, 0.15) is 0 Å². The molecule has 1 atom stereocenters. The Kier molecular flexibility index (Phi) is 2.56. The van der Waals surface area contributed by atoms with Gasteiger partial charge in [0, 0.05) is 6.08 Å². The van der Waals surface area contributed by atoms with Crippen molar-refractivity contribution in [3.8, 4) is 0 Å². The molecule has 0 amide bonds. The number of rotatable bonds is 1. The Hall–Kier alpha value is -1.97. The van der Waals surface area contributed by atoms with E-state index >= 15 is 0 Å². The van der Waals surface area contributed by atoms with Crippen molar-refractivity contribution < 1.29 is 14.3 Å². The van der Waals surface area contributed by atoms with Crippen LogP contribution in [0, 0.1) is 5.92 Å². The Morgan fingerprint density at radius 3 is 2.88 bits per heavy atom. The molecule has 0 aromatic carbocycles. The third kappa shape index (κ3) is 1.74. The summed E-state index contributed by atoms with van der Waals surface area (Å²) in [6, 6.07) is 0. The summed E-state index contributed by atoms with van der Waals surface area (Å²) in [5.74, 6) is -1.06. The lowest BCUT2D eigenvalue weighted by molar-refractivity contribution is -0.136. The van der Waals surface area contributed by atoms with Crippen molar-refractivity contribution in [3.05, 3.63) is 35.6 Å². The van der Waals surface area contributed by atoms with Crippen molar-refractivity contribution >= 4 is 17.5 Å². The lowest BCUT2D eigenvalue weighted by Gasteiger charge is -2.19. The highest BCUT2D eigenvalue weighted by Gasteiger charge is 2.28. The van der Waals surface area contributed by atoms with Gasteiger partial charge in [0.15, 0.2) is 11.5 Å². The van der Waals surface area contributed by atoms with Crippen LogP contribution in [0.4, 0.5) is 0 Å². The van der Waals surface area contributed by atoms with Crippen LogP contribution < -0.4 is 0 Å². The SMILES string of the molecule is COC(=O)C1=CC(=O)C2C=C(C)C=CC2=N1. The van der Waals surface area contributed by atoms with Gasteiger partial charge in [-0.1, -0.05) is 17.7 Å². The molecule has 2 rings (SSSR count). The van der Waals surface area contributed by atoms with Gasteiger partial charge in [-0.15, -0.1) is 0 Å². The van der Waals surface area contributed by atoms with Gasteiger partial charge in [-0.25, -0.2) is 9.79 Å². The first-order chi connectivity index (χ1) is 7.61. The number of fused-ring (bicyclic) bond motifs is 1. The number of methoxy groups -OCH3 is 1. The van der Waals surface area contributed by atoms with Gasteiger partial charge >= 0.3 is 5.97 Å². The minimum Gasteiger partial charge on any atom is -0.464 e. The van der Waals surface area contributed by atoms with Crippen molar-refractivity contribution in [1.82, 2.24) is 0 Å². The van der Waals surface area contributed by atoms with Crippen LogP contribution in [0.1, 0.15) is 6.92 Å². The molecular formula is C12H11NO3. The molecule has 1 aliphatic heterocycles. The van der Waals surface area contributed by atoms with Crippen molar-refractivity contribution in [2.24, 2.45) is 10.9 Å². The van der Waals surface area contributed by atoms with Crippen LogP contribution in [0.5, 0.6) is 0 Å². The van der Waals surface area contributed by atoms with Crippen molar-refractivity contribution in [2.45, 2.75) is 6.92 Å². The highest BCUT2D eigenvalue weighted by atomic mass is 16.5. The predicted molar refractivity (Wildman–Crippen MR) is 58.9 cm³/mol. The van der Waals surface area contributed by atoms with Crippen molar-refractivity contribution in [2.75, 3.05) is 7.11 Å². The smallest absolute Gasteiger partial charge is 0.356 e. The van der Waals surface area contributed by atoms with Crippen LogP contribution in [0.15, 0.2) is 40.6 Å². The number of nitrogens with zero attached hydrogens (tertiary/aromatic N) is 1. The summed E-state index contributed by atoms with van der Waals surface area (Å²) in [7, 11) is 1.26. The van der Waals surface area contributed by atoms with Crippen LogP contribution in [-0.4, -0.2) is 24.6 Å². The van der Waals surface area contributed by atoms with Crippen LogP contribution >= 0.6 is 0 Å². The maximum Gasteiger partial charge on any atom is 0.356 e. The first kappa shape index (κ1) is 10.5. The van der Waals surface area contributed by atoms with E-state index in [-0.39, 0.29) is 17.4 Å². The number of carbonyl (C=O) groups excluding carboxylic acids is 2. The van der Waals surface area contributed by atoms with Gasteiger partial charge in [-0.05, 0) is 13.0 Å². The number of carbonyl (C=O) groups is 2. The molecule has 1 aliphatic carbocycles. The van der Waals surface area contributed by atoms with E-state index in [0.717, 1.165) is 5.57 Å². The Morgan fingerprint density at radius 1 is 1.44 bits per heavy atom. The van der Waals surface area contributed by atoms with E-state index in [9.17, 15) is 9.59 Å². The zero-order valence-electron chi connectivity index (χ0n) is 9.06. The molecule has 0 fully saturated rings. The third-order valence-corrected chi connectivity index (χ3v) is 2.49. The molecule has 0 spiro atoms. The number of ether oxygens (including phenoxy) is 1. The lowest BCUT2D eigenvalue weighted by atomic mass is 9.89. The summed E-state index contributed by atoms with van der Waals surface area (Å²) in [5.41, 5.74) is 1.68. The van der Waals surface area contributed by atoms with Crippen LogP contribution in [0.25, 0.3) is 0 Å². The first-order valence-corrected chi connectivity index (χ1v) is 4.91. The summed E-state index contributed by atoms with van der Waals surface area (Å²) in [6.07, 6.45) is 6.70. The summed E-state index contributed by atoms with van der Waals surface area (Å²) in [4.78, 5) is 27.1. The summed E-state index contributed by atoms with van der Waals surface area (Å²) in [5, 5.41) is 0. The molecule has 0 radical (unpaired) electrons. The van der Waals surface area contributed by atoms with Gasteiger partial charge in [0.2, 0.25) is 0 Å². The zero-order valence-corrected chi connectivity index (χ0v) is 9.06. The minimum atomic E-state index is -0.584. The molecule has 82 valence electrons. The van der Waals surface area contributed by atoms with Crippen LogP contribution in [-0.2, 0) is 14.3 Å². The molecule has 0 aromatic rings. The van der Waals surface area contributed by atoms with Gasteiger partial charge in [0.25, 0.3) is 0 Å². The quantitative estimate of drug-likeness (QED) is 0.620. The Morgan fingerprint density at radius 2 is 2.19 bits per heavy atom. The van der Waals surface area contributed by atoms with Crippen LogP contribution in [0.3, 0.4) is 0 Å². The molecule has 0 N–H and O–H groups in total. The Labute approximate surface area is 93.0 Å². The van der Waals surface area contributed by atoms with Gasteiger partial charge < -0.3 is 4.74 Å². The summed E-state index contributed by atoms with van der Waals surface area (Å²) in [6.45, 7) is 1.92. The van der Waals surface area contributed by atoms with E-state index in [1.165, 1.54) is 13.2 Å². The molecule has 0 bridgehead atoms.